The molecule has 3 aromatic rings. The number of halogens is 1. The largest absolute Gasteiger partial charge is 0.301 e. The van der Waals surface area contributed by atoms with E-state index in [0.29, 0.717) is 10.2 Å². The quantitative estimate of drug-likeness (QED) is 0.639. The van der Waals surface area contributed by atoms with Gasteiger partial charge in [-0.05, 0) is 36.2 Å². The van der Waals surface area contributed by atoms with Gasteiger partial charge in [-0.1, -0.05) is 42.8 Å². The van der Waals surface area contributed by atoms with Gasteiger partial charge in [-0.3, -0.25) is 4.79 Å². The smallest absolute Gasteiger partial charge is 0.241 e. The van der Waals surface area contributed by atoms with Gasteiger partial charge in [0.15, 0.2) is 15.0 Å². The number of aryl methyl sites for hydroxylation is 1. The van der Waals surface area contributed by atoms with Crippen molar-refractivity contribution in [2.45, 2.75) is 18.2 Å². The molecular formula is C19H17ClN2O3S2. The average molecular weight is 421 g/mol. The van der Waals surface area contributed by atoms with Crippen molar-refractivity contribution in [1.29, 1.82) is 0 Å². The lowest BCUT2D eigenvalue weighted by atomic mass is 10.1. The first-order valence-electron chi connectivity index (χ1n) is 8.20. The summed E-state index contributed by atoms with van der Waals surface area (Å²) < 4.78 is 24.6. The molecule has 0 spiro atoms. The number of thiazole rings is 1. The van der Waals surface area contributed by atoms with E-state index in [1.165, 1.54) is 41.2 Å². The fraction of sp³-hybridized carbons (Fsp3) is 0.158. The van der Waals surface area contributed by atoms with Gasteiger partial charge in [-0.2, -0.15) is 0 Å². The van der Waals surface area contributed by atoms with Crippen LogP contribution in [-0.2, 0) is 21.1 Å². The molecule has 0 aliphatic rings. The minimum Gasteiger partial charge on any atom is -0.301 e. The van der Waals surface area contributed by atoms with E-state index in [-0.39, 0.29) is 4.90 Å². The zero-order chi connectivity index (χ0) is 19.4. The average Bonchev–Trinajstić information content (AvgIpc) is 3.10. The Labute approximate surface area is 167 Å². The molecule has 2 aromatic carbocycles. The number of nitrogens with one attached hydrogen (secondary N) is 1. The van der Waals surface area contributed by atoms with Gasteiger partial charge in [-0.15, -0.1) is 11.3 Å². The summed E-state index contributed by atoms with van der Waals surface area (Å²) in [5.74, 6) is -1.29. The van der Waals surface area contributed by atoms with Gasteiger partial charge in [0, 0.05) is 16.0 Å². The molecule has 1 aromatic heterocycles. The van der Waals surface area contributed by atoms with Crippen LogP contribution in [0.2, 0.25) is 5.02 Å². The molecule has 1 heterocycles. The molecule has 0 unspecified atom stereocenters. The molecule has 0 saturated carbocycles. The summed E-state index contributed by atoms with van der Waals surface area (Å²) in [5.41, 5.74) is 2.91. The number of nitrogens with zero attached hydrogens (tertiary/aromatic N) is 1. The topological polar surface area (TPSA) is 76.1 Å². The fourth-order valence-electron chi connectivity index (χ4n) is 2.43. The van der Waals surface area contributed by atoms with E-state index < -0.39 is 21.5 Å². The number of aromatic nitrogens is 1. The molecule has 1 amide bonds. The summed E-state index contributed by atoms with van der Waals surface area (Å²) in [6, 6.07) is 13.7. The standard InChI is InChI=1S/C19H17ClN2O3S2/c1-2-13-3-5-14(6-4-13)17-11-26-19(21-17)22-18(23)12-27(24,25)16-9-7-15(20)8-10-16/h3-11H,2,12H2,1H3,(H,21,22,23). The van der Waals surface area contributed by atoms with Crippen LogP contribution in [0.3, 0.4) is 0 Å². The van der Waals surface area contributed by atoms with E-state index in [0.717, 1.165) is 17.7 Å². The van der Waals surface area contributed by atoms with Crippen LogP contribution in [0.15, 0.2) is 58.8 Å². The van der Waals surface area contributed by atoms with Gasteiger partial charge in [0.2, 0.25) is 5.91 Å². The highest BCUT2D eigenvalue weighted by molar-refractivity contribution is 7.92. The zero-order valence-corrected chi connectivity index (χ0v) is 16.9. The lowest BCUT2D eigenvalue weighted by Gasteiger charge is -2.04. The highest BCUT2D eigenvalue weighted by atomic mass is 35.5. The second-order valence-corrected chi connectivity index (χ2v) is 9.13. The highest BCUT2D eigenvalue weighted by Crippen LogP contribution is 2.25. The molecular weight excluding hydrogens is 404 g/mol. The maximum absolute atomic E-state index is 12.3. The normalized spacial score (nSPS) is 11.3. The van der Waals surface area contributed by atoms with Crippen molar-refractivity contribution in [2.75, 3.05) is 11.1 Å². The Morgan fingerprint density at radius 2 is 1.78 bits per heavy atom. The lowest BCUT2D eigenvalue weighted by Crippen LogP contribution is -2.22. The minimum absolute atomic E-state index is 0.0536. The molecule has 0 aliphatic heterocycles. The third-order valence-corrected chi connectivity index (χ3v) is 6.54. The Kier molecular flexibility index (Phi) is 5.94. The molecule has 140 valence electrons. The van der Waals surface area contributed by atoms with Crippen molar-refractivity contribution in [3.63, 3.8) is 0 Å². The van der Waals surface area contributed by atoms with Gasteiger partial charge in [0.05, 0.1) is 10.6 Å². The number of benzene rings is 2. The molecule has 0 radical (unpaired) electrons. The van der Waals surface area contributed by atoms with Crippen molar-refractivity contribution in [3.05, 3.63) is 64.5 Å². The van der Waals surface area contributed by atoms with Crippen molar-refractivity contribution >= 4 is 43.8 Å². The van der Waals surface area contributed by atoms with Gasteiger partial charge >= 0.3 is 0 Å². The van der Waals surface area contributed by atoms with Crippen molar-refractivity contribution in [2.24, 2.45) is 0 Å². The number of rotatable bonds is 6. The summed E-state index contributed by atoms with van der Waals surface area (Å²) >= 11 is 7.01. The molecule has 8 heteroatoms. The summed E-state index contributed by atoms with van der Waals surface area (Å²) in [6.45, 7) is 2.09. The van der Waals surface area contributed by atoms with E-state index >= 15 is 0 Å². The first-order valence-corrected chi connectivity index (χ1v) is 11.1. The Morgan fingerprint density at radius 1 is 1.11 bits per heavy atom. The number of hydrogen-bond donors (Lipinski definition) is 1. The van der Waals surface area contributed by atoms with Crippen molar-refractivity contribution < 1.29 is 13.2 Å². The maximum Gasteiger partial charge on any atom is 0.241 e. The summed E-state index contributed by atoms with van der Waals surface area (Å²) in [4.78, 5) is 16.6. The minimum atomic E-state index is -3.74. The predicted molar refractivity (Wildman–Crippen MR) is 109 cm³/mol. The van der Waals surface area contributed by atoms with Gasteiger partial charge in [0.25, 0.3) is 0 Å². The third-order valence-electron chi connectivity index (χ3n) is 3.90. The lowest BCUT2D eigenvalue weighted by molar-refractivity contribution is -0.113. The van der Waals surface area contributed by atoms with E-state index in [4.69, 9.17) is 11.6 Å². The second-order valence-electron chi connectivity index (χ2n) is 5.85. The van der Waals surface area contributed by atoms with Gasteiger partial charge < -0.3 is 5.32 Å². The molecule has 0 fully saturated rings. The summed E-state index contributed by atoms with van der Waals surface area (Å²) in [6.07, 6.45) is 0.959. The van der Waals surface area contributed by atoms with Crippen molar-refractivity contribution in [1.82, 2.24) is 4.98 Å². The van der Waals surface area contributed by atoms with Crippen LogP contribution in [0.5, 0.6) is 0 Å². The maximum atomic E-state index is 12.3. The molecule has 27 heavy (non-hydrogen) atoms. The molecule has 1 N–H and O–H groups in total. The highest BCUT2D eigenvalue weighted by Gasteiger charge is 2.20. The van der Waals surface area contributed by atoms with Crippen LogP contribution in [0.1, 0.15) is 12.5 Å². The van der Waals surface area contributed by atoms with Gasteiger partial charge in [-0.25, -0.2) is 13.4 Å². The summed E-state index contributed by atoms with van der Waals surface area (Å²) in [5, 5.41) is 5.17. The Balaban J connectivity index is 1.67. The second kappa shape index (κ2) is 8.21. The SMILES string of the molecule is CCc1ccc(-c2csc(NC(=O)CS(=O)(=O)c3ccc(Cl)cc3)n2)cc1. The predicted octanol–water partition coefficient (Wildman–Crippen LogP) is 4.44. The van der Waals surface area contributed by atoms with Crippen LogP contribution in [0.25, 0.3) is 11.3 Å². The van der Waals surface area contributed by atoms with E-state index in [1.807, 2.05) is 29.6 Å². The number of hydrogen-bond acceptors (Lipinski definition) is 5. The Hall–Kier alpha value is -2.22. The molecule has 0 bridgehead atoms. The zero-order valence-electron chi connectivity index (χ0n) is 14.5. The van der Waals surface area contributed by atoms with Crippen LogP contribution in [0.4, 0.5) is 5.13 Å². The number of anilines is 1. The van der Waals surface area contributed by atoms with E-state index in [2.05, 4.69) is 17.2 Å². The Bertz CT molecular complexity index is 1040. The Morgan fingerprint density at radius 3 is 2.41 bits per heavy atom. The number of carbonyl (C=O) groups excluding carboxylic acids is 1. The van der Waals surface area contributed by atoms with Gasteiger partial charge in [0.1, 0.15) is 5.75 Å². The van der Waals surface area contributed by atoms with E-state index in [9.17, 15) is 13.2 Å². The molecule has 0 aliphatic carbocycles. The fourth-order valence-corrected chi connectivity index (χ4v) is 4.42. The van der Waals surface area contributed by atoms with Crippen LogP contribution in [0, 0.1) is 0 Å². The van der Waals surface area contributed by atoms with Crippen molar-refractivity contribution in [3.8, 4) is 11.3 Å². The van der Waals surface area contributed by atoms with Crippen LogP contribution < -0.4 is 5.32 Å². The first kappa shape index (κ1) is 19.5. The molecule has 0 atom stereocenters. The first-order chi connectivity index (χ1) is 12.9. The van der Waals surface area contributed by atoms with Crippen LogP contribution in [-0.4, -0.2) is 25.1 Å². The molecule has 5 nitrogen and oxygen atoms in total. The van der Waals surface area contributed by atoms with Crippen LogP contribution >= 0.6 is 22.9 Å². The molecule has 3 rings (SSSR count). The third kappa shape index (κ3) is 4.94. The molecule has 0 saturated heterocycles. The van der Waals surface area contributed by atoms with E-state index in [1.54, 1.807) is 0 Å². The number of carbonyl (C=O) groups is 1. The number of sulfone groups is 1. The number of amides is 1. The summed E-state index contributed by atoms with van der Waals surface area (Å²) in [7, 11) is -3.74. The monoisotopic (exact) mass is 420 g/mol.